The molecule has 98 valence electrons. The summed E-state index contributed by atoms with van der Waals surface area (Å²) in [6.07, 6.45) is -0.769. The van der Waals surface area contributed by atoms with Crippen molar-refractivity contribution in [3.05, 3.63) is 59.7 Å². The molecule has 3 nitrogen and oxygen atoms in total. The Kier molecular flexibility index (Phi) is 3.13. The molecule has 0 amide bonds. The van der Waals surface area contributed by atoms with E-state index in [1.165, 1.54) is 0 Å². The van der Waals surface area contributed by atoms with E-state index in [0.717, 1.165) is 22.6 Å². The van der Waals surface area contributed by atoms with Crippen LogP contribution in [0.4, 0.5) is 0 Å². The maximum Gasteiger partial charge on any atom is 0.126 e. The normalized spacial score (nSPS) is 20.7. The van der Waals surface area contributed by atoms with Gasteiger partial charge < -0.3 is 14.6 Å². The molecule has 2 aromatic rings. The molecule has 0 aliphatic carbocycles. The minimum absolute atomic E-state index is 0.195. The number of benzene rings is 2. The van der Waals surface area contributed by atoms with Gasteiger partial charge in [0.2, 0.25) is 0 Å². The maximum absolute atomic E-state index is 9.98. The van der Waals surface area contributed by atoms with Gasteiger partial charge in [0, 0.05) is 5.56 Å². The van der Waals surface area contributed by atoms with Crippen molar-refractivity contribution >= 4 is 0 Å². The zero-order valence-electron chi connectivity index (χ0n) is 10.7. The standard InChI is InChI=1S/C16H16O3/c1-11-16(17)14-9-13(7-8-15(14)19-11)18-10-12-5-3-2-4-6-12/h2-9,11,16-17H,10H2,1H3. The first-order chi connectivity index (χ1) is 9.24. The molecule has 0 radical (unpaired) electrons. The molecule has 2 atom stereocenters. The lowest BCUT2D eigenvalue weighted by Crippen LogP contribution is -2.12. The van der Waals surface area contributed by atoms with Gasteiger partial charge in [-0.2, -0.15) is 0 Å². The number of aliphatic hydroxyl groups is 1. The number of hydrogen-bond acceptors (Lipinski definition) is 3. The van der Waals surface area contributed by atoms with Gasteiger partial charge in [0.15, 0.2) is 0 Å². The summed E-state index contributed by atoms with van der Waals surface area (Å²) >= 11 is 0. The Morgan fingerprint density at radius 1 is 1.16 bits per heavy atom. The Labute approximate surface area is 112 Å². The van der Waals surface area contributed by atoms with Crippen molar-refractivity contribution in [1.29, 1.82) is 0 Å². The van der Waals surface area contributed by atoms with Gasteiger partial charge in [-0.15, -0.1) is 0 Å². The third kappa shape index (κ3) is 2.42. The van der Waals surface area contributed by atoms with E-state index in [-0.39, 0.29) is 6.10 Å². The van der Waals surface area contributed by atoms with E-state index in [9.17, 15) is 5.11 Å². The van der Waals surface area contributed by atoms with Crippen molar-refractivity contribution in [2.45, 2.75) is 25.7 Å². The van der Waals surface area contributed by atoms with Gasteiger partial charge >= 0.3 is 0 Å². The zero-order valence-corrected chi connectivity index (χ0v) is 10.7. The van der Waals surface area contributed by atoms with E-state index in [1.807, 2.05) is 55.5 Å². The van der Waals surface area contributed by atoms with E-state index in [0.29, 0.717) is 6.61 Å². The zero-order chi connectivity index (χ0) is 13.2. The molecule has 19 heavy (non-hydrogen) atoms. The maximum atomic E-state index is 9.98. The van der Waals surface area contributed by atoms with Crippen molar-refractivity contribution in [1.82, 2.24) is 0 Å². The first-order valence-corrected chi connectivity index (χ1v) is 6.39. The Morgan fingerprint density at radius 3 is 2.74 bits per heavy atom. The fourth-order valence-electron chi connectivity index (χ4n) is 2.21. The van der Waals surface area contributed by atoms with Crippen LogP contribution in [0.15, 0.2) is 48.5 Å². The first-order valence-electron chi connectivity index (χ1n) is 6.39. The third-order valence-corrected chi connectivity index (χ3v) is 3.31. The van der Waals surface area contributed by atoms with Crippen LogP contribution >= 0.6 is 0 Å². The summed E-state index contributed by atoms with van der Waals surface area (Å²) in [4.78, 5) is 0. The predicted octanol–water partition coefficient (Wildman–Crippen LogP) is 3.08. The third-order valence-electron chi connectivity index (χ3n) is 3.31. The van der Waals surface area contributed by atoms with Gasteiger partial charge in [-0.1, -0.05) is 30.3 Å². The highest BCUT2D eigenvalue weighted by Crippen LogP contribution is 2.38. The van der Waals surface area contributed by atoms with Gasteiger partial charge in [-0.25, -0.2) is 0 Å². The molecule has 3 heteroatoms. The molecule has 1 N–H and O–H groups in total. The highest BCUT2D eigenvalue weighted by molar-refractivity contribution is 5.44. The minimum Gasteiger partial charge on any atom is -0.489 e. The van der Waals surface area contributed by atoms with Crippen LogP contribution in [0.3, 0.4) is 0 Å². The minimum atomic E-state index is -0.574. The smallest absolute Gasteiger partial charge is 0.126 e. The van der Waals surface area contributed by atoms with Gasteiger partial charge in [0.1, 0.15) is 30.3 Å². The topological polar surface area (TPSA) is 38.7 Å². The summed E-state index contributed by atoms with van der Waals surface area (Å²) < 4.78 is 11.3. The van der Waals surface area contributed by atoms with Crippen LogP contribution in [-0.4, -0.2) is 11.2 Å². The summed E-state index contributed by atoms with van der Waals surface area (Å²) in [7, 11) is 0. The van der Waals surface area contributed by atoms with Gasteiger partial charge in [0.25, 0.3) is 0 Å². The molecular weight excluding hydrogens is 240 g/mol. The summed E-state index contributed by atoms with van der Waals surface area (Å²) in [6.45, 7) is 2.38. The molecule has 1 heterocycles. The Bertz CT molecular complexity index is 565. The second-order valence-corrected chi connectivity index (χ2v) is 4.74. The van der Waals surface area contributed by atoms with E-state index in [4.69, 9.17) is 9.47 Å². The number of ether oxygens (including phenoxy) is 2. The molecule has 0 bridgehead atoms. The Hall–Kier alpha value is -2.00. The Balaban J connectivity index is 1.73. The van der Waals surface area contributed by atoms with Crippen LogP contribution in [0.25, 0.3) is 0 Å². The van der Waals surface area contributed by atoms with Crippen LogP contribution in [0.5, 0.6) is 11.5 Å². The van der Waals surface area contributed by atoms with Crippen molar-refractivity contribution in [3.63, 3.8) is 0 Å². The second-order valence-electron chi connectivity index (χ2n) is 4.74. The van der Waals surface area contributed by atoms with Crippen molar-refractivity contribution in [2.24, 2.45) is 0 Å². The fraction of sp³-hybridized carbons (Fsp3) is 0.250. The molecular formula is C16H16O3. The monoisotopic (exact) mass is 256 g/mol. The molecule has 0 saturated heterocycles. The van der Waals surface area contributed by atoms with Gasteiger partial charge in [-0.05, 0) is 30.7 Å². The summed E-state index contributed by atoms with van der Waals surface area (Å²) in [5.74, 6) is 1.49. The molecule has 3 rings (SSSR count). The quantitative estimate of drug-likeness (QED) is 0.917. The number of fused-ring (bicyclic) bond motifs is 1. The van der Waals surface area contributed by atoms with E-state index >= 15 is 0 Å². The highest BCUT2D eigenvalue weighted by atomic mass is 16.5. The van der Waals surface area contributed by atoms with Crippen LogP contribution in [0.1, 0.15) is 24.2 Å². The molecule has 1 aliphatic heterocycles. The largest absolute Gasteiger partial charge is 0.489 e. The van der Waals surface area contributed by atoms with E-state index in [2.05, 4.69) is 0 Å². The van der Waals surface area contributed by atoms with E-state index < -0.39 is 6.10 Å². The molecule has 0 saturated carbocycles. The van der Waals surface area contributed by atoms with Crippen LogP contribution in [-0.2, 0) is 6.61 Å². The highest BCUT2D eigenvalue weighted by Gasteiger charge is 2.29. The van der Waals surface area contributed by atoms with Crippen LogP contribution < -0.4 is 9.47 Å². The van der Waals surface area contributed by atoms with Crippen molar-refractivity contribution in [2.75, 3.05) is 0 Å². The number of aliphatic hydroxyl groups excluding tert-OH is 1. The first kappa shape index (κ1) is 12.1. The molecule has 2 aromatic carbocycles. The van der Waals surface area contributed by atoms with Crippen molar-refractivity contribution < 1.29 is 14.6 Å². The lowest BCUT2D eigenvalue weighted by Gasteiger charge is -2.08. The summed E-state index contributed by atoms with van der Waals surface area (Å²) in [5, 5.41) is 9.98. The fourth-order valence-corrected chi connectivity index (χ4v) is 2.21. The Morgan fingerprint density at radius 2 is 1.95 bits per heavy atom. The SMILES string of the molecule is CC1Oc2ccc(OCc3ccccc3)cc2C1O. The molecule has 1 aliphatic rings. The number of hydrogen-bond donors (Lipinski definition) is 1. The average molecular weight is 256 g/mol. The summed E-state index contributed by atoms with van der Waals surface area (Å²) in [6, 6.07) is 15.6. The van der Waals surface area contributed by atoms with E-state index in [1.54, 1.807) is 0 Å². The lowest BCUT2D eigenvalue weighted by atomic mass is 10.1. The molecule has 0 fully saturated rings. The van der Waals surface area contributed by atoms with Gasteiger partial charge in [-0.3, -0.25) is 0 Å². The molecule has 0 aromatic heterocycles. The van der Waals surface area contributed by atoms with Gasteiger partial charge in [0.05, 0.1) is 0 Å². The average Bonchev–Trinajstić information content (AvgIpc) is 2.73. The second kappa shape index (κ2) is 4.94. The lowest BCUT2D eigenvalue weighted by molar-refractivity contribution is 0.0795. The molecule has 2 unspecified atom stereocenters. The summed E-state index contributed by atoms with van der Waals surface area (Å²) in [5.41, 5.74) is 1.92. The van der Waals surface area contributed by atoms with Crippen LogP contribution in [0.2, 0.25) is 0 Å². The molecule has 0 spiro atoms. The van der Waals surface area contributed by atoms with Crippen LogP contribution in [0, 0.1) is 0 Å². The van der Waals surface area contributed by atoms with Crippen molar-refractivity contribution in [3.8, 4) is 11.5 Å². The number of rotatable bonds is 3. The predicted molar refractivity (Wildman–Crippen MR) is 72.3 cm³/mol.